The van der Waals surface area contributed by atoms with E-state index in [1.165, 1.54) is 5.56 Å². The number of rotatable bonds is 7. The average Bonchev–Trinajstić information content (AvgIpc) is 2.45. The minimum Gasteiger partial charge on any atom is -0.396 e. The third-order valence-electron chi connectivity index (χ3n) is 2.91. The van der Waals surface area contributed by atoms with E-state index in [9.17, 15) is 0 Å². The van der Waals surface area contributed by atoms with Gasteiger partial charge >= 0.3 is 0 Å². The van der Waals surface area contributed by atoms with Gasteiger partial charge in [0.1, 0.15) is 0 Å². The van der Waals surface area contributed by atoms with Crippen LogP contribution in [0.3, 0.4) is 0 Å². The highest BCUT2D eigenvalue weighted by atomic mass is 16.3. The maximum atomic E-state index is 8.86. The number of hydrogen-bond donors (Lipinski definition) is 2. The molecule has 0 amide bonds. The highest BCUT2D eigenvalue weighted by Crippen LogP contribution is 2.07. The van der Waals surface area contributed by atoms with E-state index < -0.39 is 0 Å². The van der Waals surface area contributed by atoms with Gasteiger partial charge in [-0.2, -0.15) is 0 Å². The zero-order valence-corrected chi connectivity index (χ0v) is 11.6. The summed E-state index contributed by atoms with van der Waals surface area (Å²) in [5.41, 5.74) is 2.24. The standard InChI is InChI=1S/C16H23NO2/c1-2-17(11-5-13-19)14-16-9-7-15(8-10-16)6-3-4-12-18/h7-10,18-19H,2,4-5,11-14H2,1H3. The molecule has 0 aliphatic rings. The lowest BCUT2D eigenvalue weighted by molar-refractivity contribution is 0.225. The highest BCUT2D eigenvalue weighted by Gasteiger charge is 2.02. The van der Waals surface area contributed by atoms with Crippen LogP contribution >= 0.6 is 0 Å². The van der Waals surface area contributed by atoms with Gasteiger partial charge in [-0.05, 0) is 30.7 Å². The van der Waals surface area contributed by atoms with Gasteiger partial charge in [0.15, 0.2) is 0 Å². The van der Waals surface area contributed by atoms with E-state index in [-0.39, 0.29) is 13.2 Å². The van der Waals surface area contributed by atoms with Gasteiger partial charge in [0, 0.05) is 31.7 Å². The fourth-order valence-electron chi connectivity index (χ4n) is 1.82. The summed E-state index contributed by atoms with van der Waals surface area (Å²) in [4.78, 5) is 2.31. The van der Waals surface area contributed by atoms with Crippen molar-refractivity contribution in [2.75, 3.05) is 26.3 Å². The van der Waals surface area contributed by atoms with Crippen LogP contribution < -0.4 is 0 Å². The van der Waals surface area contributed by atoms with Crippen molar-refractivity contribution in [2.45, 2.75) is 26.3 Å². The van der Waals surface area contributed by atoms with Crippen LogP contribution in [-0.2, 0) is 6.54 Å². The Bertz CT molecular complexity index is 403. The van der Waals surface area contributed by atoms with E-state index in [1.54, 1.807) is 0 Å². The Morgan fingerprint density at radius 3 is 2.42 bits per heavy atom. The molecule has 0 bridgehead atoms. The summed E-state index contributed by atoms with van der Waals surface area (Å²) in [7, 11) is 0. The number of aliphatic hydroxyl groups is 2. The third-order valence-corrected chi connectivity index (χ3v) is 2.91. The normalized spacial score (nSPS) is 10.3. The minimum atomic E-state index is 0.113. The second-order valence-electron chi connectivity index (χ2n) is 4.42. The molecule has 2 N–H and O–H groups in total. The van der Waals surface area contributed by atoms with Crippen LogP contribution in [0.15, 0.2) is 24.3 Å². The van der Waals surface area contributed by atoms with Crippen molar-refractivity contribution in [3.63, 3.8) is 0 Å². The molecule has 0 saturated heterocycles. The van der Waals surface area contributed by atoms with Crippen LogP contribution in [0.1, 0.15) is 30.9 Å². The molecule has 0 atom stereocenters. The molecule has 0 saturated carbocycles. The molecule has 19 heavy (non-hydrogen) atoms. The lowest BCUT2D eigenvalue weighted by atomic mass is 10.1. The zero-order valence-electron chi connectivity index (χ0n) is 11.6. The van der Waals surface area contributed by atoms with E-state index >= 15 is 0 Å². The summed E-state index contributed by atoms with van der Waals surface area (Å²) in [6.07, 6.45) is 1.34. The molecule has 3 nitrogen and oxygen atoms in total. The van der Waals surface area contributed by atoms with Gasteiger partial charge in [0.2, 0.25) is 0 Å². The van der Waals surface area contributed by atoms with Gasteiger partial charge in [-0.25, -0.2) is 0 Å². The summed E-state index contributed by atoms with van der Waals surface area (Å²) >= 11 is 0. The van der Waals surface area contributed by atoms with Gasteiger partial charge < -0.3 is 10.2 Å². The van der Waals surface area contributed by atoms with Crippen molar-refractivity contribution in [1.29, 1.82) is 0 Å². The Morgan fingerprint density at radius 1 is 1.11 bits per heavy atom. The fourth-order valence-corrected chi connectivity index (χ4v) is 1.82. The Kier molecular flexibility index (Phi) is 7.92. The lowest BCUT2D eigenvalue weighted by Crippen LogP contribution is -2.24. The van der Waals surface area contributed by atoms with Crippen molar-refractivity contribution < 1.29 is 10.2 Å². The third kappa shape index (κ3) is 6.40. The first-order valence-corrected chi connectivity index (χ1v) is 6.82. The molecule has 104 valence electrons. The van der Waals surface area contributed by atoms with E-state index in [2.05, 4.69) is 35.8 Å². The largest absolute Gasteiger partial charge is 0.396 e. The second-order valence-corrected chi connectivity index (χ2v) is 4.42. The van der Waals surface area contributed by atoms with Gasteiger partial charge in [-0.3, -0.25) is 4.90 Å². The number of aliphatic hydroxyl groups excluding tert-OH is 2. The van der Waals surface area contributed by atoms with Crippen LogP contribution in [0.25, 0.3) is 0 Å². The van der Waals surface area contributed by atoms with Crippen molar-refractivity contribution >= 4 is 0 Å². The van der Waals surface area contributed by atoms with Gasteiger partial charge in [-0.1, -0.05) is 30.9 Å². The molecule has 0 unspecified atom stereocenters. The predicted octanol–water partition coefficient (Wildman–Crippen LogP) is 1.62. The maximum absolute atomic E-state index is 8.86. The first kappa shape index (κ1) is 15.7. The predicted molar refractivity (Wildman–Crippen MR) is 77.7 cm³/mol. The van der Waals surface area contributed by atoms with Crippen molar-refractivity contribution in [1.82, 2.24) is 4.90 Å². The summed E-state index contributed by atoms with van der Waals surface area (Å²) in [6.45, 7) is 5.30. The molecule has 1 aromatic rings. The molecule has 0 aliphatic heterocycles. The monoisotopic (exact) mass is 261 g/mol. The van der Waals surface area contributed by atoms with E-state index in [4.69, 9.17) is 10.2 Å². The Morgan fingerprint density at radius 2 is 1.84 bits per heavy atom. The van der Waals surface area contributed by atoms with Crippen molar-refractivity contribution in [3.8, 4) is 11.8 Å². The smallest absolute Gasteiger partial charge is 0.0540 e. The van der Waals surface area contributed by atoms with Gasteiger partial charge in [0.25, 0.3) is 0 Å². The molecular formula is C16H23NO2. The number of nitrogens with zero attached hydrogens (tertiary/aromatic N) is 1. The molecule has 1 aromatic carbocycles. The van der Waals surface area contributed by atoms with E-state index in [0.29, 0.717) is 6.42 Å². The van der Waals surface area contributed by atoms with Crippen LogP contribution in [0.4, 0.5) is 0 Å². The van der Waals surface area contributed by atoms with Gasteiger partial charge in [0.05, 0.1) is 6.61 Å². The maximum Gasteiger partial charge on any atom is 0.0540 e. The molecule has 0 radical (unpaired) electrons. The van der Waals surface area contributed by atoms with Crippen LogP contribution in [-0.4, -0.2) is 41.4 Å². The summed E-state index contributed by atoms with van der Waals surface area (Å²) < 4.78 is 0. The Labute approximate surface area is 115 Å². The topological polar surface area (TPSA) is 43.7 Å². The summed E-state index contributed by atoms with van der Waals surface area (Å²) in [5, 5.41) is 17.5. The zero-order chi connectivity index (χ0) is 13.9. The van der Waals surface area contributed by atoms with Gasteiger partial charge in [-0.15, -0.1) is 0 Å². The molecule has 3 heteroatoms. The van der Waals surface area contributed by atoms with Crippen LogP contribution in [0, 0.1) is 11.8 Å². The van der Waals surface area contributed by atoms with Crippen LogP contribution in [0.2, 0.25) is 0 Å². The quantitative estimate of drug-likeness (QED) is 0.733. The van der Waals surface area contributed by atoms with Crippen LogP contribution in [0.5, 0.6) is 0 Å². The first-order valence-electron chi connectivity index (χ1n) is 6.82. The Balaban J connectivity index is 2.53. The van der Waals surface area contributed by atoms with Crippen molar-refractivity contribution in [2.24, 2.45) is 0 Å². The molecule has 0 aliphatic carbocycles. The van der Waals surface area contributed by atoms with E-state index in [1.807, 2.05) is 12.1 Å². The second kappa shape index (κ2) is 9.57. The summed E-state index contributed by atoms with van der Waals surface area (Å²) in [6, 6.07) is 8.20. The number of benzene rings is 1. The number of hydrogen-bond acceptors (Lipinski definition) is 3. The summed E-state index contributed by atoms with van der Waals surface area (Å²) in [5.74, 6) is 5.93. The fraction of sp³-hybridized carbons (Fsp3) is 0.500. The lowest BCUT2D eigenvalue weighted by Gasteiger charge is -2.19. The average molecular weight is 261 g/mol. The first-order chi connectivity index (χ1) is 9.30. The van der Waals surface area contributed by atoms with Crippen molar-refractivity contribution in [3.05, 3.63) is 35.4 Å². The minimum absolute atomic E-state index is 0.113. The Hall–Kier alpha value is -1.34. The molecular weight excluding hydrogens is 238 g/mol. The molecule has 0 heterocycles. The molecule has 0 spiro atoms. The molecule has 1 rings (SSSR count). The SMILES string of the molecule is CCN(CCCO)Cc1ccc(C#CCCO)cc1. The van der Waals surface area contributed by atoms with E-state index in [0.717, 1.165) is 31.6 Å². The highest BCUT2D eigenvalue weighted by molar-refractivity contribution is 5.36. The molecule has 0 aromatic heterocycles. The molecule has 0 fully saturated rings.